The molecule has 0 unspecified atom stereocenters. The Bertz CT molecular complexity index is 627. The van der Waals surface area contributed by atoms with Crippen LogP contribution in [0.1, 0.15) is 0 Å². The third-order valence-electron chi connectivity index (χ3n) is 2.12. The van der Waals surface area contributed by atoms with Crippen molar-refractivity contribution in [2.24, 2.45) is 0 Å². The second-order valence-corrected chi connectivity index (χ2v) is 5.79. The van der Waals surface area contributed by atoms with E-state index in [2.05, 4.69) is 37.9 Å². The Morgan fingerprint density at radius 2 is 2.05 bits per heavy atom. The summed E-state index contributed by atoms with van der Waals surface area (Å²) in [6, 6.07) is 8.84. The van der Waals surface area contributed by atoms with E-state index in [1.807, 2.05) is 24.3 Å². The number of halogens is 1. The number of nitrogens with zero attached hydrogens (tertiary/aromatic N) is 1. The zero-order valence-corrected chi connectivity index (χ0v) is 12.7. The zero-order valence-electron chi connectivity index (χ0n) is 9.72. The Hall–Kier alpha value is -1.35. The summed E-state index contributed by atoms with van der Waals surface area (Å²) < 4.78 is 1.11. The number of hydrogen-bond donors (Lipinski definition) is 2. The standard InChI is InChI=1S/C12H10IN3O2S/c13-8-1-3-9(4-2-8)15-11(18)7-19-12-14-6-5-10(17)16-12/h1-6H,7H2,(H,15,18)(H,14,16,17). The molecule has 0 aliphatic carbocycles. The number of hydrogen-bond acceptors (Lipinski definition) is 4. The van der Waals surface area contributed by atoms with Gasteiger partial charge in [-0.1, -0.05) is 11.8 Å². The van der Waals surface area contributed by atoms with Gasteiger partial charge >= 0.3 is 0 Å². The van der Waals surface area contributed by atoms with Crippen molar-refractivity contribution in [2.75, 3.05) is 11.1 Å². The number of carbonyl (C=O) groups excluding carboxylic acids is 1. The van der Waals surface area contributed by atoms with E-state index in [1.165, 1.54) is 24.0 Å². The number of thioether (sulfide) groups is 1. The Morgan fingerprint density at radius 3 is 2.74 bits per heavy atom. The Kier molecular flexibility index (Phi) is 4.97. The summed E-state index contributed by atoms with van der Waals surface area (Å²) in [5, 5.41) is 3.21. The molecule has 0 saturated heterocycles. The van der Waals surface area contributed by atoms with E-state index < -0.39 is 0 Å². The van der Waals surface area contributed by atoms with Crippen LogP contribution in [0.25, 0.3) is 0 Å². The summed E-state index contributed by atoms with van der Waals surface area (Å²) in [5.74, 6) is 0.0524. The van der Waals surface area contributed by atoms with Crippen LogP contribution >= 0.6 is 34.4 Å². The fourth-order valence-corrected chi connectivity index (χ4v) is 2.30. The summed E-state index contributed by atoms with van der Waals surface area (Å²) in [7, 11) is 0. The van der Waals surface area contributed by atoms with Crippen LogP contribution in [0.15, 0.2) is 46.5 Å². The predicted molar refractivity (Wildman–Crippen MR) is 83.4 cm³/mol. The van der Waals surface area contributed by atoms with E-state index in [4.69, 9.17) is 0 Å². The summed E-state index contributed by atoms with van der Waals surface area (Å²) in [6.07, 6.45) is 1.41. The minimum atomic E-state index is -0.226. The van der Waals surface area contributed by atoms with Gasteiger partial charge in [-0.15, -0.1) is 0 Å². The smallest absolute Gasteiger partial charge is 0.251 e. The molecule has 0 aliphatic heterocycles. The van der Waals surface area contributed by atoms with Gasteiger partial charge in [0.15, 0.2) is 5.16 Å². The molecule has 2 aromatic rings. The molecule has 2 N–H and O–H groups in total. The largest absolute Gasteiger partial charge is 0.325 e. The number of H-pyrrole nitrogens is 1. The van der Waals surface area contributed by atoms with Crippen molar-refractivity contribution in [2.45, 2.75) is 5.16 Å². The lowest BCUT2D eigenvalue weighted by Gasteiger charge is -2.04. The van der Waals surface area contributed by atoms with E-state index in [9.17, 15) is 9.59 Å². The molecule has 0 atom stereocenters. The SMILES string of the molecule is O=C(CSc1nccc(=O)[nH]1)Nc1ccc(I)cc1. The minimum Gasteiger partial charge on any atom is -0.325 e. The molecule has 98 valence electrons. The quantitative estimate of drug-likeness (QED) is 0.479. The van der Waals surface area contributed by atoms with Crippen molar-refractivity contribution < 1.29 is 4.79 Å². The normalized spacial score (nSPS) is 10.2. The molecule has 0 bridgehead atoms. The maximum absolute atomic E-state index is 11.7. The Balaban J connectivity index is 1.88. The number of anilines is 1. The van der Waals surface area contributed by atoms with Gasteiger partial charge in [-0.2, -0.15) is 0 Å². The molecule has 0 spiro atoms. The number of rotatable bonds is 4. The summed E-state index contributed by atoms with van der Waals surface area (Å²) in [5.41, 5.74) is 0.524. The van der Waals surface area contributed by atoms with Crippen molar-refractivity contribution in [1.29, 1.82) is 0 Å². The van der Waals surface area contributed by atoms with Crippen LogP contribution in [0.3, 0.4) is 0 Å². The summed E-state index contributed by atoms with van der Waals surface area (Å²) in [4.78, 5) is 29.3. The van der Waals surface area contributed by atoms with E-state index in [0.29, 0.717) is 5.16 Å². The summed E-state index contributed by atoms with van der Waals surface area (Å²) >= 11 is 3.38. The molecule has 5 nitrogen and oxygen atoms in total. The van der Waals surface area contributed by atoms with Crippen LogP contribution in [-0.4, -0.2) is 21.6 Å². The molecule has 1 amide bonds. The highest BCUT2D eigenvalue weighted by Crippen LogP contribution is 2.13. The molecule has 0 fully saturated rings. The first kappa shape index (κ1) is 14.1. The lowest BCUT2D eigenvalue weighted by atomic mass is 10.3. The van der Waals surface area contributed by atoms with Crippen molar-refractivity contribution in [1.82, 2.24) is 9.97 Å². The Labute approximate surface area is 127 Å². The van der Waals surface area contributed by atoms with E-state index in [0.717, 1.165) is 9.26 Å². The number of carbonyl (C=O) groups is 1. The molecular weight excluding hydrogens is 377 g/mol. The van der Waals surface area contributed by atoms with Gasteiger partial charge in [-0.05, 0) is 46.9 Å². The van der Waals surface area contributed by atoms with Crippen molar-refractivity contribution in [3.05, 3.63) is 50.5 Å². The van der Waals surface area contributed by atoms with Crippen molar-refractivity contribution >= 4 is 45.9 Å². The van der Waals surface area contributed by atoms with Gasteiger partial charge in [0.05, 0.1) is 5.75 Å². The van der Waals surface area contributed by atoms with Crippen LogP contribution in [0.2, 0.25) is 0 Å². The number of aromatic nitrogens is 2. The molecule has 19 heavy (non-hydrogen) atoms. The topological polar surface area (TPSA) is 74.8 Å². The first-order valence-electron chi connectivity index (χ1n) is 5.37. The average molecular weight is 387 g/mol. The number of amides is 1. The predicted octanol–water partition coefficient (Wildman–Crippen LogP) is 2.11. The monoisotopic (exact) mass is 387 g/mol. The third kappa shape index (κ3) is 4.67. The third-order valence-corrected chi connectivity index (χ3v) is 3.72. The lowest BCUT2D eigenvalue weighted by molar-refractivity contribution is -0.113. The van der Waals surface area contributed by atoms with Gasteiger partial charge in [-0.3, -0.25) is 9.59 Å². The number of nitrogens with one attached hydrogen (secondary N) is 2. The fraction of sp³-hybridized carbons (Fsp3) is 0.0833. The molecule has 2 rings (SSSR count). The van der Waals surface area contributed by atoms with Gasteiger partial charge in [0.1, 0.15) is 0 Å². The fourth-order valence-electron chi connectivity index (χ4n) is 1.29. The molecule has 7 heteroatoms. The van der Waals surface area contributed by atoms with Crippen molar-refractivity contribution in [3.63, 3.8) is 0 Å². The van der Waals surface area contributed by atoms with E-state index in [-0.39, 0.29) is 17.2 Å². The molecular formula is C12H10IN3O2S. The molecule has 0 saturated carbocycles. The van der Waals surface area contributed by atoms with Gasteiger partial charge in [0.25, 0.3) is 5.56 Å². The van der Waals surface area contributed by atoms with Gasteiger partial charge < -0.3 is 10.3 Å². The average Bonchev–Trinajstić information content (AvgIpc) is 2.39. The molecule has 1 aromatic heterocycles. The van der Waals surface area contributed by atoms with Crippen LogP contribution < -0.4 is 10.9 Å². The molecule has 1 aromatic carbocycles. The van der Waals surface area contributed by atoms with Gasteiger partial charge in [0.2, 0.25) is 5.91 Å². The van der Waals surface area contributed by atoms with Crippen molar-refractivity contribution in [3.8, 4) is 0 Å². The second kappa shape index (κ2) is 6.71. The second-order valence-electron chi connectivity index (χ2n) is 3.58. The maximum atomic E-state index is 11.7. The lowest BCUT2D eigenvalue weighted by Crippen LogP contribution is -2.15. The number of aromatic amines is 1. The Morgan fingerprint density at radius 1 is 1.32 bits per heavy atom. The summed E-state index contributed by atoms with van der Waals surface area (Å²) in [6.45, 7) is 0. The highest BCUT2D eigenvalue weighted by Gasteiger charge is 2.04. The van der Waals surface area contributed by atoms with E-state index >= 15 is 0 Å². The number of benzene rings is 1. The first-order chi connectivity index (χ1) is 9.13. The maximum Gasteiger partial charge on any atom is 0.251 e. The van der Waals surface area contributed by atoms with Crippen LogP contribution in [0, 0.1) is 3.57 Å². The van der Waals surface area contributed by atoms with E-state index in [1.54, 1.807) is 0 Å². The van der Waals surface area contributed by atoms with Crippen LogP contribution in [0.5, 0.6) is 0 Å². The minimum absolute atomic E-state index is 0.141. The molecule has 0 aliphatic rings. The highest BCUT2D eigenvalue weighted by molar-refractivity contribution is 14.1. The van der Waals surface area contributed by atoms with Gasteiger partial charge in [0, 0.05) is 21.5 Å². The zero-order chi connectivity index (χ0) is 13.7. The van der Waals surface area contributed by atoms with Gasteiger partial charge in [-0.25, -0.2) is 4.98 Å². The first-order valence-corrected chi connectivity index (χ1v) is 7.43. The van der Waals surface area contributed by atoms with Crippen LogP contribution in [-0.2, 0) is 4.79 Å². The molecule has 0 radical (unpaired) electrons. The highest BCUT2D eigenvalue weighted by atomic mass is 127. The van der Waals surface area contributed by atoms with Crippen LogP contribution in [0.4, 0.5) is 5.69 Å². The molecule has 1 heterocycles.